The van der Waals surface area contributed by atoms with E-state index in [0.29, 0.717) is 0 Å². The van der Waals surface area contributed by atoms with Crippen LogP contribution in [-0.2, 0) is 6.18 Å². The second-order valence-corrected chi connectivity index (χ2v) is 7.30. The van der Waals surface area contributed by atoms with E-state index in [2.05, 4.69) is 60.7 Å². The molecule has 0 bridgehead atoms. The lowest BCUT2D eigenvalue weighted by molar-refractivity contribution is -0.137. The van der Waals surface area contributed by atoms with E-state index >= 15 is 0 Å². The van der Waals surface area contributed by atoms with Crippen LogP contribution in [0.25, 0.3) is 22.3 Å². The molecule has 0 spiro atoms. The van der Waals surface area contributed by atoms with Gasteiger partial charge in [-0.25, -0.2) is 0 Å². The lowest BCUT2D eigenvalue weighted by Crippen LogP contribution is -2.04. The van der Waals surface area contributed by atoms with Gasteiger partial charge in [0.05, 0.1) is 5.56 Å². The number of alkyl halides is 3. The van der Waals surface area contributed by atoms with Crippen molar-refractivity contribution in [3.63, 3.8) is 0 Å². The second kappa shape index (κ2) is 6.63. The Kier molecular flexibility index (Phi) is 4.06. The Balaban J connectivity index is 1.51. The van der Waals surface area contributed by atoms with E-state index in [1.807, 2.05) is 12.1 Å². The van der Waals surface area contributed by atoms with Crippen molar-refractivity contribution in [3.8, 4) is 22.3 Å². The van der Waals surface area contributed by atoms with Gasteiger partial charge < -0.3 is 0 Å². The zero-order chi connectivity index (χ0) is 20.0. The molecule has 0 radical (unpaired) electrons. The van der Waals surface area contributed by atoms with Crippen LogP contribution in [0.1, 0.15) is 28.2 Å². The van der Waals surface area contributed by atoms with E-state index in [-0.39, 0.29) is 5.92 Å². The number of benzene rings is 4. The molecule has 0 unspecified atom stereocenters. The molecule has 0 amide bonds. The smallest absolute Gasteiger partial charge is 0.166 e. The maximum atomic E-state index is 12.8. The molecule has 0 nitrogen and oxygen atoms in total. The van der Waals surface area contributed by atoms with Gasteiger partial charge in [0.1, 0.15) is 0 Å². The number of hydrogen-bond acceptors (Lipinski definition) is 0. The minimum absolute atomic E-state index is 0.170. The Hall–Kier alpha value is -3.33. The molecule has 4 aromatic carbocycles. The number of rotatable bonds is 2. The van der Waals surface area contributed by atoms with Crippen molar-refractivity contribution >= 4 is 0 Å². The maximum Gasteiger partial charge on any atom is 0.416 e. The van der Waals surface area contributed by atoms with E-state index in [1.54, 1.807) is 0 Å². The Morgan fingerprint density at radius 3 is 1.45 bits per heavy atom. The van der Waals surface area contributed by atoms with Gasteiger partial charge in [-0.3, -0.25) is 0 Å². The second-order valence-electron chi connectivity index (χ2n) is 7.30. The van der Waals surface area contributed by atoms with Crippen LogP contribution >= 0.6 is 0 Å². The Morgan fingerprint density at radius 2 is 0.966 bits per heavy atom. The predicted molar refractivity (Wildman–Crippen MR) is 110 cm³/mol. The molecule has 1 aliphatic carbocycles. The van der Waals surface area contributed by atoms with E-state index in [0.717, 1.165) is 23.3 Å². The number of hydrogen-bond donors (Lipinski definition) is 0. The molecule has 4 aromatic rings. The molecule has 5 rings (SSSR count). The third kappa shape index (κ3) is 3.03. The van der Waals surface area contributed by atoms with Crippen molar-refractivity contribution in [1.82, 2.24) is 0 Å². The summed E-state index contributed by atoms with van der Waals surface area (Å²) in [7, 11) is 0. The number of fused-ring (bicyclic) bond motifs is 3. The topological polar surface area (TPSA) is 0 Å². The molecule has 1 aliphatic rings. The summed E-state index contributed by atoms with van der Waals surface area (Å²) in [5.74, 6) is 0.170. The number of halogens is 3. The van der Waals surface area contributed by atoms with Crippen LogP contribution in [-0.4, -0.2) is 0 Å². The predicted octanol–water partition coefficient (Wildman–Crippen LogP) is 7.53. The van der Waals surface area contributed by atoms with Gasteiger partial charge in [-0.2, -0.15) is 13.2 Å². The summed E-state index contributed by atoms with van der Waals surface area (Å²) in [5, 5.41) is 0. The van der Waals surface area contributed by atoms with Crippen LogP contribution < -0.4 is 0 Å². The third-order valence-corrected chi connectivity index (χ3v) is 5.62. The highest BCUT2D eigenvalue weighted by molar-refractivity contribution is 5.80. The molecule has 29 heavy (non-hydrogen) atoms. The summed E-state index contributed by atoms with van der Waals surface area (Å²) in [5.41, 5.74) is 7.33. The standard InChI is InChI=1S/C26H17F3/c27-26(28,29)20-15-13-18(14-16-20)17-9-11-19(12-10-17)25-23-7-3-1-5-21(23)22-6-2-4-8-24(22)25/h1-16,25H. The minimum atomic E-state index is -4.31. The Labute approximate surface area is 167 Å². The average Bonchev–Trinajstić information content (AvgIpc) is 3.08. The lowest BCUT2D eigenvalue weighted by atomic mass is 9.88. The summed E-state index contributed by atoms with van der Waals surface area (Å²) < 4.78 is 38.4. The van der Waals surface area contributed by atoms with Gasteiger partial charge in [-0.05, 0) is 51.1 Å². The SMILES string of the molecule is FC(F)(F)c1ccc(-c2ccc(C3c4ccccc4-c4ccccc43)cc2)cc1. The molecule has 142 valence electrons. The van der Waals surface area contributed by atoms with Crippen molar-refractivity contribution in [2.24, 2.45) is 0 Å². The fourth-order valence-electron chi connectivity index (χ4n) is 4.23. The molecule has 0 fully saturated rings. The van der Waals surface area contributed by atoms with E-state index < -0.39 is 11.7 Å². The van der Waals surface area contributed by atoms with Crippen molar-refractivity contribution in [2.45, 2.75) is 12.1 Å². The van der Waals surface area contributed by atoms with Gasteiger partial charge in [0.25, 0.3) is 0 Å². The minimum Gasteiger partial charge on any atom is -0.166 e. The molecule has 0 saturated carbocycles. The first-order valence-electron chi connectivity index (χ1n) is 9.48. The Morgan fingerprint density at radius 1 is 0.517 bits per heavy atom. The molecular weight excluding hydrogens is 369 g/mol. The van der Waals surface area contributed by atoms with E-state index in [4.69, 9.17) is 0 Å². The lowest BCUT2D eigenvalue weighted by Gasteiger charge is -2.15. The van der Waals surface area contributed by atoms with Crippen molar-refractivity contribution < 1.29 is 13.2 Å². The summed E-state index contributed by atoms with van der Waals surface area (Å²) in [6.07, 6.45) is -4.31. The summed E-state index contributed by atoms with van der Waals surface area (Å²) >= 11 is 0. The third-order valence-electron chi connectivity index (χ3n) is 5.62. The molecule has 0 heterocycles. The first-order chi connectivity index (χ1) is 14.0. The van der Waals surface area contributed by atoms with Crippen LogP contribution in [0.3, 0.4) is 0 Å². The highest BCUT2D eigenvalue weighted by Gasteiger charge is 2.30. The first-order valence-corrected chi connectivity index (χ1v) is 9.48. The van der Waals surface area contributed by atoms with Crippen LogP contribution in [0, 0.1) is 0 Å². The van der Waals surface area contributed by atoms with Crippen molar-refractivity contribution in [1.29, 1.82) is 0 Å². The fourth-order valence-corrected chi connectivity index (χ4v) is 4.23. The van der Waals surface area contributed by atoms with Crippen LogP contribution in [0.2, 0.25) is 0 Å². The molecule has 0 aliphatic heterocycles. The molecule has 0 aromatic heterocycles. The van der Waals surface area contributed by atoms with E-state index in [9.17, 15) is 13.2 Å². The van der Waals surface area contributed by atoms with Gasteiger partial charge in [0.15, 0.2) is 0 Å². The normalized spacial score (nSPS) is 13.2. The highest BCUT2D eigenvalue weighted by Crippen LogP contribution is 2.47. The summed E-state index contributed by atoms with van der Waals surface area (Å²) in [4.78, 5) is 0. The van der Waals surface area contributed by atoms with Gasteiger partial charge in [0.2, 0.25) is 0 Å². The van der Waals surface area contributed by atoms with Gasteiger partial charge in [-0.15, -0.1) is 0 Å². The fraction of sp³-hybridized carbons (Fsp3) is 0.0769. The zero-order valence-corrected chi connectivity index (χ0v) is 15.4. The first kappa shape index (κ1) is 17.7. The average molecular weight is 386 g/mol. The summed E-state index contributed by atoms with van der Waals surface area (Å²) in [6, 6.07) is 30.4. The largest absolute Gasteiger partial charge is 0.416 e. The molecular formula is C26H17F3. The van der Waals surface area contributed by atoms with Crippen molar-refractivity contribution in [3.05, 3.63) is 119 Å². The van der Waals surface area contributed by atoms with Gasteiger partial charge >= 0.3 is 6.18 Å². The highest BCUT2D eigenvalue weighted by atomic mass is 19.4. The maximum absolute atomic E-state index is 12.8. The van der Waals surface area contributed by atoms with Gasteiger partial charge in [0, 0.05) is 5.92 Å². The monoisotopic (exact) mass is 386 g/mol. The van der Waals surface area contributed by atoms with Crippen molar-refractivity contribution in [2.75, 3.05) is 0 Å². The van der Waals surface area contributed by atoms with Gasteiger partial charge in [-0.1, -0.05) is 84.9 Å². The zero-order valence-electron chi connectivity index (χ0n) is 15.4. The molecule has 3 heteroatoms. The van der Waals surface area contributed by atoms with Crippen LogP contribution in [0.4, 0.5) is 13.2 Å². The quantitative estimate of drug-likeness (QED) is 0.294. The molecule has 0 saturated heterocycles. The Bertz CT molecular complexity index is 1120. The molecule has 0 atom stereocenters. The molecule has 0 N–H and O–H groups in total. The van der Waals surface area contributed by atoms with E-state index in [1.165, 1.54) is 39.9 Å². The van der Waals surface area contributed by atoms with Crippen LogP contribution in [0.15, 0.2) is 97.1 Å². The summed E-state index contributed by atoms with van der Waals surface area (Å²) in [6.45, 7) is 0. The van der Waals surface area contributed by atoms with Crippen LogP contribution in [0.5, 0.6) is 0 Å².